The van der Waals surface area contributed by atoms with Gasteiger partial charge in [0.2, 0.25) is 0 Å². The second-order valence-corrected chi connectivity index (χ2v) is 6.25. The van der Waals surface area contributed by atoms with Crippen molar-refractivity contribution in [3.63, 3.8) is 0 Å². The van der Waals surface area contributed by atoms with Crippen molar-refractivity contribution in [1.82, 2.24) is 9.55 Å². The van der Waals surface area contributed by atoms with Gasteiger partial charge in [0.05, 0.1) is 23.0 Å². The lowest BCUT2D eigenvalue weighted by Crippen LogP contribution is -2.04. The average molecular weight is 325 g/mol. The molecule has 104 valence electrons. The predicted octanol–water partition coefficient (Wildman–Crippen LogP) is 5.10. The molecule has 2 heterocycles. The molecule has 0 radical (unpaired) electrons. The van der Waals surface area contributed by atoms with Gasteiger partial charge in [0.15, 0.2) is 0 Å². The molecule has 0 aliphatic heterocycles. The maximum atomic E-state index is 6.22. The van der Waals surface area contributed by atoms with E-state index in [-0.39, 0.29) is 0 Å². The molecule has 0 aliphatic rings. The molecule has 1 aromatic carbocycles. The van der Waals surface area contributed by atoms with Crippen LogP contribution in [-0.2, 0) is 18.8 Å². The van der Waals surface area contributed by atoms with Gasteiger partial charge >= 0.3 is 0 Å². The maximum Gasteiger partial charge on any atom is 0.125 e. The predicted molar refractivity (Wildman–Crippen MR) is 87.1 cm³/mol. The Balaban J connectivity index is 2.13. The Bertz CT molecular complexity index is 745. The van der Waals surface area contributed by atoms with Crippen molar-refractivity contribution in [2.75, 3.05) is 0 Å². The number of nitrogens with zero attached hydrogens (tertiary/aromatic N) is 2. The Hall–Kier alpha value is -1.03. The standard InChI is InChI=1S/C15H14Cl2N2S/c1-2-10-6-7-20-13(10)9-19-12-5-3-4-11(17)15(12)18-14(19)8-16/h3-7H,2,8-9H2,1H3. The van der Waals surface area contributed by atoms with Gasteiger partial charge in [-0.05, 0) is 35.6 Å². The van der Waals surface area contributed by atoms with Crippen LogP contribution < -0.4 is 0 Å². The summed E-state index contributed by atoms with van der Waals surface area (Å²) in [7, 11) is 0. The number of alkyl halides is 1. The average Bonchev–Trinajstić information content (AvgIpc) is 3.05. The Morgan fingerprint density at radius 1 is 1.30 bits per heavy atom. The number of aryl methyl sites for hydroxylation is 1. The number of hydrogen-bond acceptors (Lipinski definition) is 2. The SMILES string of the molecule is CCc1ccsc1Cn1c(CCl)nc2c(Cl)cccc21. The molecule has 5 heteroatoms. The van der Waals surface area contributed by atoms with Gasteiger partial charge in [0.25, 0.3) is 0 Å². The first-order valence-corrected chi connectivity index (χ1v) is 8.28. The van der Waals surface area contributed by atoms with E-state index in [0.717, 1.165) is 29.8 Å². The molecule has 2 aromatic heterocycles. The first kappa shape index (κ1) is 13.9. The molecule has 0 saturated heterocycles. The van der Waals surface area contributed by atoms with Gasteiger partial charge < -0.3 is 4.57 Å². The molecular weight excluding hydrogens is 311 g/mol. The number of para-hydroxylation sites is 1. The highest BCUT2D eigenvalue weighted by atomic mass is 35.5. The van der Waals surface area contributed by atoms with E-state index in [4.69, 9.17) is 23.2 Å². The maximum absolute atomic E-state index is 6.22. The molecule has 3 rings (SSSR count). The van der Waals surface area contributed by atoms with Gasteiger partial charge in [0.1, 0.15) is 11.3 Å². The van der Waals surface area contributed by atoms with Gasteiger partial charge in [-0.15, -0.1) is 22.9 Å². The summed E-state index contributed by atoms with van der Waals surface area (Å²) >= 11 is 14.0. The van der Waals surface area contributed by atoms with Crippen LogP contribution in [0.1, 0.15) is 23.2 Å². The molecular formula is C15H14Cl2N2S. The first-order valence-electron chi connectivity index (χ1n) is 6.49. The Kier molecular flexibility index (Phi) is 4.01. The zero-order valence-electron chi connectivity index (χ0n) is 11.1. The Morgan fingerprint density at radius 3 is 2.90 bits per heavy atom. The number of imidazole rings is 1. The summed E-state index contributed by atoms with van der Waals surface area (Å²) in [6, 6.07) is 8.05. The molecule has 0 saturated carbocycles. The normalized spacial score (nSPS) is 11.3. The first-order chi connectivity index (χ1) is 9.74. The van der Waals surface area contributed by atoms with Crippen LogP contribution in [-0.4, -0.2) is 9.55 Å². The third-order valence-corrected chi connectivity index (χ3v) is 4.94. The third kappa shape index (κ3) is 2.34. The molecule has 3 aromatic rings. The van der Waals surface area contributed by atoms with Crippen LogP contribution in [0.4, 0.5) is 0 Å². The largest absolute Gasteiger partial charge is 0.322 e. The number of halogens is 2. The van der Waals surface area contributed by atoms with E-state index in [1.165, 1.54) is 10.4 Å². The molecule has 0 unspecified atom stereocenters. The smallest absolute Gasteiger partial charge is 0.125 e. The van der Waals surface area contributed by atoms with Gasteiger partial charge in [-0.25, -0.2) is 4.98 Å². The van der Waals surface area contributed by atoms with Crippen molar-refractivity contribution in [2.45, 2.75) is 25.8 Å². The number of thiophene rings is 1. The second-order valence-electron chi connectivity index (χ2n) is 4.58. The number of fused-ring (bicyclic) bond motifs is 1. The van der Waals surface area contributed by atoms with Gasteiger partial charge in [-0.1, -0.05) is 24.6 Å². The van der Waals surface area contributed by atoms with Crippen LogP contribution in [0.15, 0.2) is 29.6 Å². The van der Waals surface area contributed by atoms with E-state index >= 15 is 0 Å². The number of aromatic nitrogens is 2. The van der Waals surface area contributed by atoms with Crippen molar-refractivity contribution < 1.29 is 0 Å². The molecule has 2 nitrogen and oxygen atoms in total. The topological polar surface area (TPSA) is 17.8 Å². The Morgan fingerprint density at radius 2 is 2.15 bits per heavy atom. The summed E-state index contributed by atoms with van der Waals surface area (Å²) in [4.78, 5) is 5.93. The lowest BCUT2D eigenvalue weighted by atomic mass is 10.2. The highest BCUT2D eigenvalue weighted by Gasteiger charge is 2.14. The molecule has 0 fully saturated rings. The highest BCUT2D eigenvalue weighted by molar-refractivity contribution is 7.10. The lowest BCUT2D eigenvalue weighted by molar-refractivity contribution is 0.782. The zero-order valence-corrected chi connectivity index (χ0v) is 13.4. The summed E-state index contributed by atoms with van der Waals surface area (Å²) < 4.78 is 2.17. The van der Waals surface area contributed by atoms with Crippen molar-refractivity contribution in [2.24, 2.45) is 0 Å². The summed E-state index contributed by atoms with van der Waals surface area (Å²) in [6.07, 6.45) is 1.04. The number of hydrogen-bond donors (Lipinski definition) is 0. The summed E-state index contributed by atoms with van der Waals surface area (Å²) in [5.74, 6) is 1.25. The van der Waals surface area contributed by atoms with Crippen molar-refractivity contribution in [3.8, 4) is 0 Å². The molecule has 20 heavy (non-hydrogen) atoms. The van der Waals surface area contributed by atoms with E-state index in [0.29, 0.717) is 10.9 Å². The van der Waals surface area contributed by atoms with E-state index in [2.05, 4.69) is 27.9 Å². The molecule has 0 amide bonds. The van der Waals surface area contributed by atoms with E-state index in [1.54, 1.807) is 11.3 Å². The van der Waals surface area contributed by atoms with Crippen LogP contribution in [0.5, 0.6) is 0 Å². The molecule has 0 atom stereocenters. The minimum Gasteiger partial charge on any atom is -0.322 e. The highest BCUT2D eigenvalue weighted by Crippen LogP contribution is 2.27. The minimum atomic E-state index is 0.387. The third-order valence-electron chi connectivity index (χ3n) is 3.45. The van der Waals surface area contributed by atoms with E-state index in [1.807, 2.05) is 18.2 Å². The second kappa shape index (κ2) is 5.76. The monoisotopic (exact) mass is 324 g/mol. The number of benzene rings is 1. The summed E-state index contributed by atoms with van der Waals surface area (Å²) in [5.41, 5.74) is 3.27. The van der Waals surface area contributed by atoms with Crippen molar-refractivity contribution >= 4 is 45.6 Å². The van der Waals surface area contributed by atoms with Gasteiger partial charge in [-0.2, -0.15) is 0 Å². The van der Waals surface area contributed by atoms with Crippen LogP contribution in [0.2, 0.25) is 5.02 Å². The quantitative estimate of drug-likeness (QED) is 0.610. The lowest BCUT2D eigenvalue weighted by Gasteiger charge is -2.08. The van der Waals surface area contributed by atoms with Crippen molar-refractivity contribution in [1.29, 1.82) is 0 Å². The van der Waals surface area contributed by atoms with Crippen LogP contribution >= 0.6 is 34.5 Å². The minimum absolute atomic E-state index is 0.387. The van der Waals surface area contributed by atoms with Crippen LogP contribution in [0, 0.1) is 0 Å². The molecule has 0 N–H and O–H groups in total. The van der Waals surface area contributed by atoms with Crippen molar-refractivity contribution in [3.05, 3.63) is 50.9 Å². The fourth-order valence-electron chi connectivity index (χ4n) is 2.40. The van der Waals surface area contributed by atoms with E-state index in [9.17, 15) is 0 Å². The summed E-state index contributed by atoms with van der Waals surface area (Å²) in [5, 5.41) is 2.81. The Labute approximate surface area is 132 Å². The number of rotatable bonds is 4. The van der Waals surface area contributed by atoms with Crippen LogP contribution in [0.25, 0.3) is 11.0 Å². The summed E-state index contributed by atoms with van der Waals surface area (Å²) in [6.45, 7) is 2.98. The fraction of sp³-hybridized carbons (Fsp3) is 0.267. The van der Waals surface area contributed by atoms with Gasteiger partial charge in [0, 0.05) is 4.88 Å². The molecule has 0 spiro atoms. The van der Waals surface area contributed by atoms with E-state index < -0.39 is 0 Å². The molecule has 0 aliphatic carbocycles. The zero-order chi connectivity index (χ0) is 14.1. The fourth-order valence-corrected chi connectivity index (χ4v) is 3.78. The molecule has 0 bridgehead atoms. The van der Waals surface area contributed by atoms with Crippen LogP contribution in [0.3, 0.4) is 0 Å². The van der Waals surface area contributed by atoms with Gasteiger partial charge in [-0.3, -0.25) is 0 Å².